The maximum absolute atomic E-state index is 13.9. The highest BCUT2D eigenvalue weighted by Gasteiger charge is 2.49. The van der Waals surface area contributed by atoms with Gasteiger partial charge in [-0.1, -0.05) is 6.92 Å². The molecule has 0 radical (unpaired) electrons. The van der Waals surface area contributed by atoms with Crippen molar-refractivity contribution in [3.8, 4) is 0 Å². The molecule has 3 heterocycles. The largest absolute Gasteiger partial charge is 0.481 e. The number of amides is 1. The van der Waals surface area contributed by atoms with E-state index < -0.39 is 83.0 Å². The number of aliphatic carboxylic acids is 1. The number of fused-ring (bicyclic) bond motifs is 1. The molecule has 4 rings (SSSR count). The predicted octanol–water partition coefficient (Wildman–Crippen LogP) is 7.24. The molecule has 2 aromatic heterocycles. The number of ether oxygens (including phenoxy) is 1. The Balaban J connectivity index is 1.89. The fraction of sp³-hybridized carbons (Fsp3) is 0.469. The zero-order chi connectivity index (χ0) is 38.5. The van der Waals surface area contributed by atoms with Crippen LogP contribution >= 0.6 is 0 Å². The van der Waals surface area contributed by atoms with Gasteiger partial charge >= 0.3 is 30.6 Å². The van der Waals surface area contributed by atoms with Gasteiger partial charge in [0.2, 0.25) is 0 Å². The Morgan fingerprint density at radius 1 is 0.980 bits per heavy atom. The van der Waals surface area contributed by atoms with E-state index in [1.165, 1.54) is 39.0 Å². The first-order valence-corrected chi connectivity index (χ1v) is 15.2. The summed E-state index contributed by atoms with van der Waals surface area (Å²) in [5.41, 5.74) is -1.92. The molecule has 1 aliphatic rings. The van der Waals surface area contributed by atoms with Crippen LogP contribution < -0.4 is 15.5 Å². The van der Waals surface area contributed by atoms with Crippen molar-refractivity contribution >= 4 is 23.4 Å². The number of carbonyl (C=O) groups excluding carboxylic acids is 1. The summed E-state index contributed by atoms with van der Waals surface area (Å²) in [5.74, 6) is -2.81. The van der Waals surface area contributed by atoms with E-state index in [1.54, 1.807) is 6.92 Å². The topological polar surface area (TPSA) is 135 Å². The Bertz CT molecular complexity index is 1780. The van der Waals surface area contributed by atoms with Gasteiger partial charge in [-0.25, -0.2) is 19.7 Å². The lowest BCUT2D eigenvalue weighted by Gasteiger charge is -2.46. The number of carboxylic acid groups (broad SMARTS) is 1. The average molecular weight is 737 g/mol. The van der Waals surface area contributed by atoms with Gasteiger partial charge in [-0.05, 0) is 62.6 Å². The van der Waals surface area contributed by atoms with Gasteiger partial charge in [-0.3, -0.25) is 9.69 Å². The zero-order valence-electron chi connectivity index (χ0n) is 27.8. The second-order valence-electron chi connectivity index (χ2n) is 12.9. The van der Waals surface area contributed by atoms with Gasteiger partial charge in [-0.2, -0.15) is 39.5 Å². The third-order valence-electron chi connectivity index (χ3n) is 8.37. The van der Waals surface area contributed by atoms with Crippen LogP contribution in [0, 0.1) is 5.41 Å². The second kappa shape index (κ2) is 13.5. The molecular formula is C32H33F9N6O4. The highest BCUT2D eigenvalue weighted by molar-refractivity contribution is 5.91. The number of carbonyl (C=O) groups is 2. The highest BCUT2D eigenvalue weighted by atomic mass is 19.4. The minimum Gasteiger partial charge on any atom is -0.481 e. The summed E-state index contributed by atoms with van der Waals surface area (Å²) in [6.45, 7) is 3.50. The first-order valence-electron chi connectivity index (χ1n) is 15.2. The minimum atomic E-state index is -5.12. The summed E-state index contributed by atoms with van der Waals surface area (Å²) in [7, 11) is 3.03. The first kappa shape index (κ1) is 39.1. The lowest BCUT2D eigenvalue weighted by atomic mass is 9.83. The molecule has 1 amide bonds. The standard InChI is InChI=1S/C32H33F9N6O4/c1-6-29(42)13-19(24-21(7-8-23(45-24)32(39,40)41)47(29)27(50)51-15-28(2,3)26(48)49)25-43-14-22(46(4)5)20(44-25)11-16-9-17(30(33,34)35)12-18(10-16)31(36,37)38/h7-10,12,14,19H,6,11,13,15,42H2,1-5H3,(H,48,49)/t19-,29+/m0/s1. The monoisotopic (exact) mass is 736 g/mol. The molecule has 0 unspecified atom stereocenters. The molecule has 1 aliphatic heterocycles. The number of halogens is 9. The highest BCUT2D eigenvalue weighted by Crippen LogP contribution is 2.46. The van der Waals surface area contributed by atoms with Gasteiger partial charge in [0.25, 0.3) is 0 Å². The third kappa shape index (κ3) is 8.28. The van der Waals surface area contributed by atoms with E-state index in [-0.39, 0.29) is 47.5 Å². The molecule has 0 spiro atoms. The van der Waals surface area contributed by atoms with E-state index in [0.29, 0.717) is 18.2 Å². The summed E-state index contributed by atoms with van der Waals surface area (Å²) in [5, 5.41) is 9.44. The fourth-order valence-corrected chi connectivity index (χ4v) is 5.43. The molecule has 51 heavy (non-hydrogen) atoms. The number of benzene rings is 1. The van der Waals surface area contributed by atoms with Gasteiger partial charge in [0.05, 0.1) is 51.4 Å². The molecule has 3 aromatic rings. The van der Waals surface area contributed by atoms with Crippen LogP contribution in [0.25, 0.3) is 0 Å². The van der Waals surface area contributed by atoms with Crippen LogP contribution in [-0.2, 0) is 34.5 Å². The quantitative estimate of drug-likeness (QED) is 0.230. The van der Waals surface area contributed by atoms with E-state index in [4.69, 9.17) is 10.5 Å². The van der Waals surface area contributed by atoms with Gasteiger partial charge in [0.15, 0.2) is 0 Å². The molecule has 19 heteroatoms. The predicted molar refractivity (Wildman–Crippen MR) is 164 cm³/mol. The number of nitrogens with two attached hydrogens (primary N) is 1. The number of carboxylic acids is 1. The van der Waals surface area contributed by atoms with Gasteiger partial charge in [0, 0.05) is 20.5 Å². The summed E-state index contributed by atoms with van der Waals surface area (Å²) in [6.07, 6.45) is -16.1. The van der Waals surface area contributed by atoms with Crippen LogP contribution in [0.1, 0.15) is 79.1 Å². The molecule has 3 N–H and O–H groups in total. The Hall–Kier alpha value is -4.68. The van der Waals surface area contributed by atoms with E-state index in [9.17, 15) is 54.2 Å². The molecule has 0 aliphatic carbocycles. The zero-order valence-corrected chi connectivity index (χ0v) is 27.8. The minimum absolute atomic E-state index is 0.0182. The van der Waals surface area contributed by atoms with E-state index in [2.05, 4.69) is 15.0 Å². The van der Waals surface area contributed by atoms with Crippen LogP contribution in [0.3, 0.4) is 0 Å². The SMILES string of the molecule is CC[C@]1(N)C[C@H](c2ncc(N(C)C)c(Cc3cc(C(F)(F)F)cc(C(F)(F)F)c3)n2)c2nc(C(F)(F)F)ccc2N1C(=O)OCC(C)(C)C(=O)O. The lowest BCUT2D eigenvalue weighted by molar-refractivity contribution is -0.149. The number of aromatic nitrogens is 3. The normalized spacial score (nSPS) is 18.3. The van der Waals surface area contributed by atoms with Crippen molar-refractivity contribution in [1.29, 1.82) is 0 Å². The lowest BCUT2D eigenvalue weighted by Crippen LogP contribution is -2.62. The molecule has 0 saturated heterocycles. The number of alkyl halides is 9. The van der Waals surface area contributed by atoms with E-state index in [0.717, 1.165) is 11.0 Å². The fourth-order valence-electron chi connectivity index (χ4n) is 5.43. The number of rotatable bonds is 8. The molecule has 278 valence electrons. The van der Waals surface area contributed by atoms with E-state index in [1.807, 2.05) is 0 Å². The molecule has 0 saturated carbocycles. The number of hydrogen-bond donors (Lipinski definition) is 2. The Morgan fingerprint density at radius 3 is 2.06 bits per heavy atom. The number of nitrogens with zero attached hydrogens (tertiary/aromatic N) is 5. The first-order chi connectivity index (χ1) is 23.3. The van der Waals surface area contributed by atoms with Gasteiger partial charge in [-0.15, -0.1) is 0 Å². The Labute approximate surface area is 285 Å². The maximum atomic E-state index is 13.9. The van der Waals surface area contributed by atoms with Gasteiger partial charge < -0.3 is 20.5 Å². The Morgan fingerprint density at radius 2 is 1.57 bits per heavy atom. The van der Waals surface area contributed by atoms with Crippen molar-refractivity contribution in [3.05, 3.63) is 76.1 Å². The molecule has 2 atom stereocenters. The molecular weight excluding hydrogens is 703 g/mol. The third-order valence-corrected chi connectivity index (χ3v) is 8.37. The van der Waals surface area contributed by atoms with E-state index >= 15 is 0 Å². The van der Waals surface area contributed by atoms with Crippen LogP contribution in [0.2, 0.25) is 0 Å². The van der Waals surface area contributed by atoms with Crippen molar-refractivity contribution < 1.29 is 58.9 Å². The summed E-state index contributed by atoms with van der Waals surface area (Å²) >= 11 is 0. The molecule has 0 bridgehead atoms. The van der Waals surface area contributed by atoms with Crippen LogP contribution in [0.15, 0.2) is 36.5 Å². The molecule has 0 fully saturated rings. The van der Waals surface area contributed by atoms with Crippen LogP contribution in [0.5, 0.6) is 0 Å². The number of pyridine rings is 1. The van der Waals surface area contributed by atoms with Crippen LogP contribution in [0.4, 0.5) is 55.7 Å². The van der Waals surface area contributed by atoms with Crippen molar-refractivity contribution in [1.82, 2.24) is 15.0 Å². The summed E-state index contributed by atoms with van der Waals surface area (Å²) in [6, 6.07) is 2.61. The van der Waals surface area contributed by atoms with Crippen molar-refractivity contribution in [2.24, 2.45) is 11.1 Å². The van der Waals surface area contributed by atoms with Crippen LogP contribution in [-0.4, -0.2) is 58.5 Å². The summed E-state index contributed by atoms with van der Waals surface area (Å²) < 4.78 is 129. The number of hydrogen-bond acceptors (Lipinski definition) is 8. The maximum Gasteiger partial charge on any atom is 0.433 e. The molecule has 10 nitrogen and oxygen atoms in total. The van der Waals surface area contributed by atoms with Crippen molar-refractivity contribution in [2.45, 2.75) is 70.1 Å². The second-order valence-corrected chi connectivity index (χ2v) is 12.9. The smallest absolute Gasteiger partial charge is 0.433 e. The Kier molecular flexibility index (Phi) is 10.3. The average Bonchev–Trinajstić information content (AvgIpc) is 3.01. The number of anilines is 2. The van der Waals surface area contributed by atoms with Gasteiger partial charge in [0.1, 0.15) is 23.8 Å². The van der Waals surface area contributed by atoms with Crippen molar-refractivity contribution in [3.63, 3.8) is 0 Å². The molecule has 1 aromatic carbocycles. The summed E-state index contributed by atoms with van der Waals surface area (Å²) in [4.78, 5) is 39.9. The van der Waals surface area contributed by atoms with Crippen molar-refractivity contribution in [2.75, 3.05) is 30.5 Å².